The summed E-state index contributed by atoms with van der Waals surface area (Å²) in [7, 11) is 1.76. The zero-order valence-electron chi connectivity index (χ0n) is 13.0. The molecule has 3 aromatic rings. The number of hydrogen-bond acceptors (Lipinski definition) is 2. The van der Waals surface area contributed by atoms with Crippen molar-refractivity contribution in [2.24, 2.45) is 0 Å². The molecule has 2 aromatic carbocycles. The van der Waals surface area contributed by atoms with E-state index in [0.717, 1.165) is 15.7 Å². The van der Waals surface area contributed by atoms with Gasteiger partial charge >= 0.3 is 0 Å². The Kier molecular flexibility index (Phi) is 5.02. The van der Waals surface area contributed by atoms with E-state index in [0.29, 0.717) is 17.3 Å². The fourth-order valence-electron chi connectivity index (χ4n) is 2.36. The van der Waals surface area contributed by atoms with E-state index in [-0.39, 0.29) is 5.91 Å². The minimum atomic E-state index is -0.142. The van der Waals surface area contributed by atoms with Crippen LogP contribution in [0, 0.1) is 0 Å². The van der Waals surface area contributed by atoms with Crippen LogP contribution >= 0.6 is 27.5 Å². The fourth-order valence-corrected chi connectivity index (χ4v) is 2.99. The van der Waals surface area contributed by atoms with Gasteiger partial charge in [0.15, 0.2) is 5.69 Å². The number of amides is 1. The monoisotopic (exact) mass is 403 g/mol. The Morgan fingerprint density at radius 3 is 2.62 bits per heavy atom. The highest BCUT2D eigenvalue weighted by molar-refractivity contribution is 9.10. The Hall–Kier alpha value is -2.11. The maximum absolute atomic E-state index is 12.6. The number of rotatable bonds is 4. The number of carbonyl (C=O) groups excluding carboxylic acids is 1. The minimum Gasteiger partial charge on any atom is -0.336 e. The third kappa shape index (κ3) is 3.52. The van der Waals surface area contributed by atoms with Crippen LogP contribution in [-0.2, 0) is 6.54 Å². The van der Waals surface area contributed by atoms with Gasteiger partial charge in [0.25, 0.3) is 5.91 Å². The second-order valence-electron chi connectivity index (χ2n) is 5.35. The molecule has 0 aliphatic rings. The summed E-state index contributed by atoms with van der Waals surface area (Å²) in [6, 6.07) is 16.9. The molecule has 0 spiro atoms. The Labute approximate surface area is 153 Å². The van der Waals surface area contributed by atoms with Crippen LogP contribution in [0.3, 0.4) is 0 Å². The Morgan fingerprint density at radius 1 is 1.17 bits per heavy atom. The van der Waals surface area contributed by atoms with E-state index in [1.165, 1.54) is 0 Å². The van der Waals surface area contributed by atoms with Crippen LogP contribution in [0.15, 0.2) is 65.3 Å². The molecule has 1 heterocycles. The maximum Gasteiger partial charge on any atom is 0.274 e. The van der Waals surface area contributed by atoms with Crippen molar-refractivity contribution in [3.05, 3.63) is 81.5 Å². The normalized spacial score (nSPS) is 10.6. The first-order chi connectivity index (χ1) is 11.6. The molecule has 0 aliphatic carbocycles. The van der Waals surface area contributed by atoms with Gasteiger partial charge in [0.2, 0.25) is 0 Å². The number of hydrogen-bond donors (Lipinski definition) is 0. The van der Waals surface area contributed by atoms with Gasteiger partial charge in [-0.15, -0.1) is 0 Å². The molecule has 0 aliphatic heterocycles. The van der Waals surface area contributed by atoms with Crippen molar-refractivity contribution in [3.63, 3.8) is 0 Å². The maximum atomic E-state index is 12.6. The molecule has 122 valence electrons. The quantitative estimate of drug-likeness (QED) is 0.639. The predicted octanol–water partition coefficient (Wildman–Crippen LogP) is 4.56. The van der Waals surface area contributed by atoms with Crippen LogP contribution in [0.1, 0.15) is 16.1 Å². The summed E-state index contributed by atoms with van der Waals surface area (Å²) >= 11 is 9.67. The second-order valence-corrected chi connectivity index (χ2v) is 6.61. The van der Waals surface area contributed by atoms with E-state index in [2.05, 4.69) is 21.0 Å². The number of aromatic nitrogens is 2. The summed E-state index contributed by atoms with van der Waals surface area (Å²) in [6.45, 7) is 0.499. The van der Waals surface area contributed by atoms with Crippen molar-refractivity contribution in [3.8, 4) is 5.69 Å². The first kappa shape index (κ1) is 16.7. The summed E-state index contributed by atoms with van der Waals surface area (Å²) < 4.78 is 2.59. The summed E-state index contributed by atoms with van der Waals surface area (Å²) in [5.41, 5.74) is 2.16. The van der Waals surface area contributed by atoms with E-state index in [9.17, 15) is 4.79 Å². The lowest BCUT2D eigenvalue weighted by molar-refractivity contribution is 0.0778. The highest BCUT2D eigenvalue weighted by atomic mass is 79.9. The zero-order chi connectivity index (χ0) is 17.1. The Bertz CT molecular complexity index is 878. The van der Waals surface area contributed by atoms with Crippen LogP contribution in [0.5, 0.6) is 0 Å². The van der Waals surface area contributed by atoms with Gasteiger partial charge in [0.1, 0.15) is 0 Å². The fraction of sp³-hybridized carbons (Fsp3) is 0.111. The molecule has 0 fully saturated rings. The molecule has 0 unspecified atom stereocenters. The van der Waals surface area contributed by atoms with E-state index >= 15 is 0 Å². The summed E-state index contributed by atoms with van der Waals surface area (Å²) in [6.07, 6.45) is 1.74. The van der Waals surface area contributed by atoms with Crippen molar-refractivity contribution in [1.29, 1.82) is 0 Å². The second kappa shape index (κ2) is 7.20. The molecule has 0 saturated carbocycles. The van der Waals surface area contributed by atoms with Crippen molar-refractivity contribution in [2.45, 2.75) is 6.54 Å². The van der Waals surface area contributed by atoms with Crippen LogP contribution in [0.2, 0.25) is 5.02 Å². The van der Waals surface area contributed by atoms with Gasteiger partial charge in [0.05, 0.1) is 10.7 Å². The van der Waals surface area contributed by atoms with E-state index in [1.54, 1.807) is 35.0 Å². The molecule has 3 rings (SSSR count). The van der Waals surface area contributed by atoms with Gasteiger partial charge in [0, 0.05) is 24.3 Å². The molecule has 24 heavy (non-hydrogen) atoms. The predicted molar refractivity (Wildman–Crippen MR) is 98.5 cm³/mol. The molecule has 1 amide bonds. The average Bonchev–Trinajstić information content (AvgIpc) is 3.06. The van der Waals surface area contributed by atoms with Gasteiger partial charge < -0.3 is 4.90 Å². The van der Waals surface area contributed by atoms with E-state index in [4.69, 9.17) is 11.6 Å². The number of carbonyl (C=O) groups is 1. The smallest absolute Gasteiger partial charge is 0.274 e. The standard InChI is InChI=1S/C18H15BrClN3O/c1-22(12-13-6-2-3-7-14(13)19)18(24)16-10-11-23(21-16)17-9-5-4-8-15(17)20/h2-11H,12H2,1H3. The Balaban J connectivity index is 1.79. The highest BCUT2D eigenvalue weighted by Gasteiger charge is 2.16. The van der Waals surface area contributed by atoms with Gasteiger partial charge in [-0.05, 0) is 29.8 Å². The van der Waals surface area contributed by atoms with Crippen molar-refractivity contribution < 1.29 is 4.79 Å². The highest BCUT2D eigenvalue weighted by Crippen LogP contribution is 2.20. The summed E-state index contributed by atoms with van der Waals surface area (Å²) in [4.78, 5) is 14.2. The first-order valence-electron chi connectivity index (χ1n) is 7.35. The molecule has 0 N–H and O–H groups in total. The first-order valence-corrected chi connectivity index (χ1v) is 8.53. The Morgan fingerprint density at radius 2 is 1.88 bits per heavy atom. The molecule has 0 saturated heterocycles. The average molecular weight is 405 g/mol. The molecule has 6 heteroatoms. The topological polar surface area (TPSA) is 38.1 Å². The van der Waals surface area contributed by atoms with E-state index in [1.807, 2.05) is 42.5 Å². The van der Waals surface area contributed by atoms with Crippen LogP contribution < -0.4 is 0 Å². The molecular weight excluding hydrogens is 390 g/mol. The lowest BCUT2D eigenvalue weighted by Gasteiger charge is -2.16. The van der Waals surface area contributed by atoms with Crippen LogP contribution in [0.4, 0.5) is 0 Å². The van der Waals surface area contributed by atoms with Gasteiger partial charge in [-0.1, -0.05) is 57.9 Å². The lowest BCUT2D eigenvalue weighted by Crippen LogP contribution is -2.26. The van der Waals surface area contributed by atoms with Gasteiger partial charge in [-0.25, -0.2) is 4.68 Å². The van der Waals surface area contributed by atoms with Crippen LogP contribution in [-0.4, -0.2) is 27.6 Å². The van der Waals surface area contributed by atoms with E-state index < -0.39 is 0 Å². The van der Waals surface area contributed by atoms with Crippen molar-refractivity contribution in [1.82, 2.24) is 14.7 Å². The molecule has 0 bridgehead atoms. The minimum absolute atomic E-state index is 0.142. The summed E-state index contributed by atoms with van der Waals surface area (Å²) in [5.74, 6) is -0.142. The largest absolute Gasteiger partial charge is 0.336 e. The zero-order valence-corrected chi connectivity index (χ0v) is 15.3. The van der Waals surface area contributed by atoms with Crippen molar-refractivity contribution in [2.75, 3.05) is 7.05 Å². The molecular formula is C18H15BrClN3O. The molecule has 0 atom stereocenters. The molecule has 1 aromatic heterocycles. The molecule has 0 radical (unpaired) electrons. The van der Waals surface area contributed by atoms with Gasteiger partial charge in [-0.2, -0.15) is 5.10 Å². The number of halogens is 2. The number of nitrogens with zero attached hydrogens (tertiary/aromatic N) is 3. The van der Waals surface area contributed by atoms with Gasteiger partial charge in [-0.3, -0.25) is 4.79 Å². The SMILES string of the molecule is CN(Cc1ccccc1Br)C(=O)c1ccn(-c2ccccc2Cl)n1. The lowest BCUT2D eigenvalue weighted by atomic mass is 10.2. The third-order valence-corrected chi connectivity index (χ3v) is 4.71. The third-order valence-electron chi connectivity index (χ3n) is 3.62. The number of para-hydroxylation sites is 1. The van der Waals surface area contributed by atoms with Crippen molar-refractivity contribution >= 4 is 33.4 Å². The summed E-state index contributed by atoms with van der Waals surface area (Å²) in [5, 5.41) is 4.94. The van der Waals surface area contributed by atoms with Crippen LogP contribution in [0.25, 0.3) is 5.69 Å². The number of benzene rings is 2. The molecule has 4 nitrogen and oxygen atoms in total.